The van der Waals surface area contributed by atoms with Crippen molar-refractivity contribution < 1.29 is 24.8 Å². The van der Waals surface area contributed by atoms with Gasteiger partial charge in [-0.15, -0.1) is 5.56 Å². The number of nitrogens with zero attached hydrogens (tertiary/aromatic N) is 2. The van der Waals surface area contributed by atoms with Gasteiger partial charge in [0.2, 0.25) is 0 Å². The minimum absolute atomic E-state index is 0. The molecule has 0 fully saturated rings. The Bertz CT molecular complexity index is 937. The van der Waals surface area contributed by atoms with Crippen molar-refractivity contribution >= 4 is 17.1 Å². The van der Waals surface area contributed by atoms with Crippen LogP contribution in [0.25, 0.3) is 22.6 Å². The van der Waals surface area contributed by atoms with Gasteiger partial charge in [-0.1, -0.05) is 48.3 Å². The number of hydrogen-bond donors (Lipinski definition) is 0. The van der Waals surface area contributed by atoms with Crippen LogP contribution in [0.15, 0.2) is 66.9 Å². The van der Waals surface area contributed by atoms with Gasteiger partial charge in [-0.25, -0.2) is 0 Å². The summed E-state index contributed by atoms with van der Waals surface area (Å²) in [5.74, 6) is 0.779. The number of ether oxygens (including phenoxy) is 1. The van der Waals surface area contributed by atoms with Gasteiger partial charge in [0.05, 0.1) is 5.70 Å². The number of aromatic nitrogens is 1. The van der Waals surface area contributed by atoms with Crippen LogP contribution in [0.5, 0.6) is 0 Å². The zero-order chi connectivity index (χ0) is 15.2. The molecule has 119 valence electrons. The second kappa shape index (κ2) is 5.90. The van der Waals surface area contributed by atoms with Gasteiger partial charge < -0.3 is 9.64 Å². The molecule has 0 saturated heterocycles. The molecule has 2 aliphatic heterocycles. The number of rotatable bonds is 1. The molecule has 3 heterocycles. The van der Waals surface area contributed by atoms with E-state index in [0.29, 0.717) is 0 Å². The largest absolute Gasteiger partial charge is 0.639 e. The predicted molar refractivity (Wildman–Crippen MR) is 89.6 cm³/mol. The first kappa shape index (κ1) is 15.1. The van der Waals surface area contributed by atoms with Crippen molar-refractivity contribution in [3.63, 3.8) is 0 Å². The molecule has 1 aromatic heterocycles. The SMILES string of the molecule is [Ir].[c-]1cccc2c1N1[CH-]OC(c3ccccn3)=C1c1ccccc1-2. The van der Waals surface area contributed by atoms with E-state index in [9.17, 15) is 0 Å². The van der Waals surface area contributed by atoms with Crippen molar-refractivity contribution in [3.8, 4) is 11.1 Å². The van der Waals surface area contributed by atoms with Gasteiger partial charge >= 0.3 is 0 Å². The maximum absolute atomic E-state index is 5.90. The Labute approximate surface area is 154 Å². The van der Waals surface area contributed by atoms with Crippen LogP contribution in [0.4, 0.5) is 5.69 Å². The molecule has 0 atom stereocenters. The maximum atomic E-state index is 5.90. The number of benzene rings is 2. The Balaban J connectivity index is 0.00000146. The quantitative estimate of drug-likeness (QED) is 0.477. The molecular formula is C20H12IrN2O-2. The molecule has 2 aliphatic rings. The molecule has 0 amide bonds. The van der Waals surface area contributed by atoms with Gasteiger partial charge in [-0.3, -0.25) is 4.98 Å². The van der Waals surface area contributed by atoms with Crippen molar-refractivity contribution in [1.29, 1.82) is 0 Å². The van der Waals surface area contributed by atoms with E-state index in [2.05, 4.69) is 46.3 Å². The van der Waals surface area contributed by atoms with Gasteiger partial charge in [-0.05, 0) is 17.7 Å². The van der Waals surface area contributed by atoms with Crippen molar-refractivity contribution in [1.82, 2.24) is 4.98 Å². The van der Waals surface area contributed by atoms with E-state index in [4.69, 9.17) is 4.74 Å². The minimum Gasteiger partial charge on any atom is -0.639 e. The van der Waals surface area contributed by atoms with E-state index < -0.39 is 0 Å². The summed E-state index contributed by atoms with van der Waals surface area (Å²) in [6.45, 7) is 1.74. The summed E-state index contributed by atoms with van der Waals surface area (Å²) < 4.78 is 5.90. The van der Waals surface area contributed by atoms with E-state index >= 15 is 0 Å². The summed E-state index contributed by atoms with van der Waals surface area (Å²) in [5, 5.41) is 0. The Hall–Kier alpha value is -2.42. The van der Waals surface area contributed by atoms with E-state index in [1.165, 1.54) is 5.56 Å². The van der Waals surface area contributed by atoms with E-state index in [0.717, 1.165) is 34.0 Å². The van der Waals surface area contributed by atoms with Crippen LogP contribution in [-0.4, -0.2) is 4.98 Å². The van der Waals surface area contributed by atoms with Crippen LogP contribution in [0.3, 0.4) is 0 Å². The molecule has 24 heavy (non-hydrogen) atoms. The summed E-state index contributed by atoms with van der Waals surface area (Å²) in [4.78, 5) is 6.50. The molecular weight excluding hydrogens is 476 g/mol. The Kier molecular flexibility index (Phi) is 3.72. The second-order valence-corrected chi connectivity index (χ2v) is 5.46. The number of anilines is 1. The van der Waals surface area contributed by atoms with E-state index in [-0.39, 0.29) is 20.1 Å². The van der Waals surface area contributed by atoms with Crippen LogP contribution in [-0.2, 0) is 24.8 Å². The minimum atomic E-state index is 0. The Morgan fingerprint density at radius 1 is 0.917 bits per heavy atom. The summed E-state index contributed by atoms with van der Waals surface area (Å²) in [6.07, 6.45) is 1.78. The summed E-state index contributed by atoms with van der Waals surface area (Å²) in [5.41, 5.74) is 6.36. The number of hydrogen-bond acceptors (Lipinski definition) is 3. The first-order chi connectivity index (χ1) is 11.4. The monoisotopic (exact) mass is 489 g/mol. The van der Waals surface area contributed by atoms with Crippen LogP contribution in [0.2, 0.25) is 0 Å². The van der Waals surface area contributed by atoms with E-state index in [1.54, 1.807) is 12.9 Å². The molecule has 0 bridgehead atoms. The van der Waals surface area contributed by atoms with Gasteiger partial charge in [-0.2, -0.15) is 24.3 Å². The third-order valence-corrected chi connectivity index (χ3v) is 4.18. The summed E-state index contributed by atoms with van der Waals surface area (Å²) in [7, 11) is 0. The normalized spacial score (nSPS) is 14.2. The van der Waals surface area contributed by atoms with E-state index in [1.807, 2.05) is 30.3 Å². The average Bonchev–Trinajstić information content (AvgIpc) is 3.08. The van der Waals surface area contributed by atoms with Crippen LogP contribution in [0, 0.1) is 12.8 Å². The molecule has 2 aromatic carbocycles. The van der Waals surface area contributed by atoms with Gasteiger partial charge in [0.1, 0.15) is 11.5 Å². The van der Waals surface area contributed by atoms with Gasteiger partial charge in [0.25, 0.3) is 0 Å². The van der Waals surface area contributed by atoms with Gasteiger partial charge in [0.15, 0.2) is 0 Å². The third kappa shape index (κ3) is 2.11. The first-order valence-electron chi connectivity index (χ1n) is 7.49. The molecule has 1 radical (unpaired) electrons. The fourth-order valence-electron chi connectivity index (χ4n) is 3.19. The fraction of sp³-hybridized carbons (Fsp3) is 0. The van der Waals surface area contributed by atoms with Crippen molar-refractivity contribution in [2.24, 2.45) is 0 Å². The molecule has 5 rings (SSSR count). The zero-order valence-corrected chi connectivity index (χ0v) is 15.0. The third-order valence-electron chi connectivity index (χ3n) is 4.18. The molecule has 0 N–H and O–H groups in total. The summed E-state index contributed by atoms with van der Waals surface area (Å²) >= 11 is 0. The molecule has 0 spiro atoms. The number of pyridine rings is 1. The topological polar surface area (TPSA) is 25.4 Å². The number of fused-ring (bicyclic) bond motifs is 6. The molecule has 0 aliphatic carbocycles. The molecule has 0 unspecified atom stereocenters. The zero-order valence-electron chi connectivity index (χ0n) is 12.6. The van der Waals surface area contributed by atoms with Crippen molar-refractivity contribution in [2.75, 3.05) is 4.90 Å². The number of para-hydroxylation sites is 1. The first-order valence-corrected chi connectivity index (χ1v) is 7.49. The summed E-state index contributed by atoms with van der Waals surface area (Å²) in [6, 6.07) is 23.6. The average molecular weight is 489 g/mol. The predicted octanol–water partition coefficient (Wildman–Crippen LogP) is 4.34. The van der Waals surface area contributed by atoms with Crippen LogP contribution in [0.1, 0.15) is 11.3 Å². The van der Waals surface area contributed by atoms with Crippen LogP contribution >= 0.6 is 0 Å². The molecule has 4 heteroatoms. The molecule has 0 saturated carbocycles. The van der Waals surface area contributed by atoms with Crippen LogP contribution < -0.4 is 4.90 Å². The standard InChI is InChI=1S/C20H12N2O.Ir/c1-2-9-16-14(7-1)15-8-3-4-11-18(15)22-13-23-20(19(16)22)17-10-5-6-12-21-17;/h1-10,12-13H;/q-2;. The van der Waals surface area contributed by atoms with Crippen molar-refractivity contribution in [3.05, 3.63) is 90.9 Å². The second-order valence-electron chi connectivity index (χ2n) is 5.46. The Morgan fingerprint density at radius 2 is 1.71 bits per heavy atom. The Morgan fingerprint density at radius 3 is 2.54 bits per heavy atom. The smallest absolute Gasteiger partial charge is 0.135 e. The fourth-order valence-corrected chi connectivity index (χ4v) is 3.19. The maximum Gasteiger partial charge on any atom is 0.135 e. The molecule has 3 aromatic rings. The van der Waals surface area contributed by atoms with Gasteiger partial charge in [0, 0.05) is 26.3 Å². The van der Waals surface area contributed by atoms with Crippen molar-refractivity contribution in [2.45, 2.75) is 0 Å². The molecule has 3 nitrogen and oxygen atoms in total.